The number of fused-ring (bicyclic) bond motifs is 1. The van der Waals surface area contributed by atoms with Gasteiger partial charge in [0.25, 0.3) is 5.88 Å². The SMILES string of the molecule is Cc1nc2cccc(Oc3nnc(Cl)cc3O)c2o1. The quantitative estimate of drug-likeness (QED) is 0.775. The van der Waals surface area contributed by atoms with Crippen LogP contribution in [-0.2, 0) is 0 Å². The van der Waals surface area contributed by atoms with Gasteiger partial charge in [0.2, 0.25) is 0 Å². The Morgan fingerprint density at radius 1 is 1.32 bits per heavy atom. The molecule has 2 heterocycles. The highest BCUT2D eigenvalue weighted by Gasteiger charge is 2.13. The van der Waals surface area contributed by atoms with E-state index >= 15 is 0 Å². The Labute approximate surface area is 112 Å². The van der Waals surface area contributed by atoms with Crippen molar-refractivity contribution < 1.29 is 14.3 Å². The molecule has 0 bridgehead atoms. The summed E-state index contributed by atoms with van der Waals surface area (Å²) in [5.74, 6) is 0.668. The molecule has 3 aromatic rings. The number of nitrogens with zero attached hydrogens (tertiary/aromatic N) is 3. The maximum absolute atomic E-state index is 9.67. The lowest BCUT2D eigenvalue weighted by atomic mass is 10.3. The maximum Gasteiger partial charge on any atom is 0.281 e. The zero-order valence-electron chi connectivity index (χ0n) is 9.79. The average Bonchev–Trinajstić information content (AvgIpc) is 2.74. The van der Waals surface area contributed by atoms with Gasteiger partial charge in [-0.1, -0.05) is 17.7 Å². The van der Waals surface area contributed by atoms with E-state index < -0.39 is 0 Å². The van der Waals surface area contributed by atoms with Crippen LogP contribution >= 0.6 is 11.6 Å². The predicted octanol–water partition coefficient (Wildman–Crippen LogP) is 3.08. The van der Waals surface area contributed by atoms with Gasteiger partial charge in [-0.2, -0.15) is 0 Å². The molecule has 0 saturated carbocycles. The third kappa shape index (κ3) is 2.17. The van der Waals surface area contributed by atoms with E-state index in [1.807, 2.05) is 0 Å². The number of rotatable bonds is 2. The van der Waals surface area contributed by atoms with Gasteiger partial charge in [0.05, 0.1) is 0 Å². The fourth-order valence-corrected chi connectivity index (χ4v) is 1.78. The molecule has 0 aliphatic heterocycles. The Balaban J connectivity index is 2.05. The third-order valence-corrected chi connectivity index (χ3v) is 2.59. The van der Waals surface area contributed by atoms with Crippen molar-refractivity contribution in [1.82, 2.24) is 15.2 Å². The summed E-state index contributed by atoms with van der Waals surface area (Å²) in [5.41, 5.74) is 1.15. The molecule has 2 aromatic heterocycles. The lowest BCUT2D eigenvalue weighted by Crippen LogP contribution is -1.91. The molecule has 0 aliphatic rings. The highest BCUT2D eigenvalue weighted by Crippen LogP contribution is 2.33. The number of benzene rings is 1. The van der Waals surface area contributed by atoms with E-state index in [-0.39, 0.29) is 16.8 Å². The first kappa shape index (κ1) is 11.7. The minimum Gasteiger partial charge on any atom is -0.503 e. The number of halogens is 1. The van der Waals surface area contributed by atoms with Gasteiger partial charge in [0, 0.05) is 13.0 Å². The van der Waals surface area contributed by atoms with E-state index in [4.69, 9.17) is 20.8 Å². The summed E-state index contributed by atoms with van der Waals surface area (Å²) in [6.45, 7) is 1.74. The van der Waals surface area contributed by atoms with Crippen molar-refractivity contribution in [2.45, 2.75) is 6.92 Å². The number of para-hydroxylation sites is 1. The molecule has 96 valence electrons. The van der Waals surface area contributed by atoms with Crippen LogP contribution in [0.2, 0.25) is 5.15 Å². The highest BCUT2D eigenvalue weighted by atomic mass is 35.5. The summed E-state index contributed by atoms with van der Waals surface area (Å²) in [6, 6.07) is 6.49. The molecule has 1 N–H and O–H groups in total. The second kappa shape index (κ2) is 4.40. The van der Waals surface area contributed by atoms with Gasteiger partial charge >= 0.3 is 0 Å². The van der Waals surface area contributed by atoms with Gasteiger partial charge in [-0.25, -0.2) is 4.98 Å². The number of aryl methyl sites for hydroxylation is 1. The van der Waals surface area contributed by atoms with Crippen molar-refractivity contribution in [2.75, 3.05) is 0 Å². The Kier molecular flexibility index (Phi) is 2.72. The van der Waals surface area contributed by atoms with Crippen molar-refractivity contribution >= 4 is 22.7 Å². The van der Waals surface area contributed by atoms with Crippen molar-refractivity contribution in [3.05, 3.63) is 35.3 Å². The van der Waals surface area contributed by atoms with Crippen LogP contribution in [0.4, 0.5) is 0 Å². The molecule has 7 heteroatoms. The molecule has 0 atom stereocenters. The molecule has 0 radical (unpaired) electrons. The fourth-order valence-electron chi connectivity index (χ4n) is 1.64. The van der Waals surface area contributed by atoms with Crippen LogP contribution in [0.25, 0.3) is 11.1 Å². The summed E-state index contributed by atoms with van der Waals surface area (Å²) >= 11 is 5.60. The van der Waals surface area contributed by atoms with Crippen LogP contribution < -0.4 is 4.74 Å². The third-order valence-electron chi connectivity index (χ3n) is 2.40. The van der Waals surface area contributed by atoms with E-state index in [0.717, 1.165) is 0 Å². The summed E-state index contributed by atoms with van der Waals surface area (Å²) in [6.07, 6.45) is 0. The Bertz CT molecular complexity index is 757. The van der Waals surface area contributed by atoms with E-state index in [0.29, 0.717) is 22.7 Å². The lowest BCUT2D eigenvalue weighted by Gasteiger charge is -2.05. The number of oxazole rings is 1. The lowest BCUT2D eigenvalue weighted by molar-refractivity contribution is 0.389. The van der Waals surface area contributed by atoms with Gasteiger partial charge in [0.1, 0.15) is 5.52 Å². The number of hydrogen-bond donors (Lipinski definition) is 1. The molecular formula is C12H8ClN3O3. The van der Waals surface area contributed by atoms with E-state index in [9.17, 15) is 5.11 Å². The Morgan fingerprint density at radius 3 is 2.95 bits per heavy atom. The topological polar surface area (TPSA) is 81.3 Å². The number of aromatic hydroxyl groups is 1. The van der Waals surface area contributed by atoms with E-state index in [1.165, 1.54) is 6.07 Å². The minimum absolute atomic E-state index is 0.0500. The van der Waals surface area contributed by atoms with Gasteiger partial charge in [0.15, 0.2) is 28.1 Å². The molecule has 1 aromatic carbocycles. The summed E-state index contributed by atoms with van der Waals surface area (Å²) in [4.78, 5) is 4.19. The molecule has 0 unspecified atom stereocenters. The van der Waals surface area contributed by atoms with E-state index in [1.54, 1.807) is 25.1 Å². The van der Waals surface area contributed by atoms with Crippen LogP contribution in [0.3, 0.4) is 0 Å². The van der Waals surface area contributed by atoms with Crippen LogP contribution in [0.1, 0.15) is 5.89 Å². The summed E-state index contributed by atoms with van der Waals surface area (Å²) in [5, 5.41) is 17.0. The molecule has 0 fully saturated rings. The molecule has 0 spiro atoms. The van der Waals surface area contributed by atoms with Gasteiger partial charge in [-0.3, -0.25) is 0 Å². The molecule has 19 heavy (non-hydrogen) atoms. The molecule has 0 aliphatic carbocycles. The first-order valence-corrected chi connectivity index (χ1v) is 5.77. The molecule has 6 nitrogen and oxygen atoms in total. The Hall–Kier alpha value is -2.34. The largest absolute Gasteiger partial charge is 0.503 e. The molecular weight excluding hydrogens is 270 g/mol. The normalized spacial score (nSPS) is 10.8. The van der Waals surface area contributed by atoms with Crippen LogP contribution in [-0.4, -0.2) is 20.3 Å². The first-order chi connectivity index (χ1) is 9.13. The highest BCUT2D eigenvalue weighted by molar-refractivity contribution is 6.29. The van der Waals surface area contributed by atoms with Crippen molar-refractivity contribution in [3.8, 4) is 17.4 Å². The Morgan fingerprint density at radius 2 is 2.16 bits per heavy atom. The average molecular weight is 278 g/mol. The van der Waals surface area contributed by atoms with Crippen LogP contribution in [0.15, 0.2) is 28.7 Å². The molecule has 3 rings (SSSR count). The zero-order valence-corrected chi connectivity index (χ0v) is 10.5. The number of hydrogen-bond acceptors (Lipinski definition) is 6. The van der Waals surface area contributed by atoms with Crippen LogP contribution in [0, 0.1) is 6.92 Å². The standard InChI is InChI=1S/C12H8ClN3O3/c1-6-14-7-3-2-4-9(11(7)18-6)19-12-8(17)5-10(13)15-16-12/h2-5H,1H3,(H,15,17). The molecule has 0 amide bonds. The molecule has 0 saturated heterocycles. The predicted molar refractivity (Wildman–Crippen MR) is 67.5 cm³/mol. The summed E-state index contributed by atoms with van der Waals surface area (Å²) in [7, 11) is 0. The second-order valence-electron chi connectivity index (χ2n) is 3.80. The smallest absolute Gasteiger partial charge is 0.281 e. The van der Waals surface area contributed by atoms with E-state index in [2.05, 4.69) is 15.2 Å². The first-order valence-electron chi connectivity index (χ1n) is 5.39. The minimum atomic E-state index is -0.201. The number of ether oxygens (including phenoxy) is 1. The monoisotopic (exact) mass is 277 g/mol. The van der Waals surface area contributed by atoms with Crippen LogP contribution in [0.5, 0.6) is 17.4 Å². The second-order valence-corrected chi connectivity index (χ2v) is 4.18. The van der Waals surface area contributed by atoms with Crippen molar-refractivity contribution in [2.24, 2.45) is 0 Å². The van der Waals surface area contributed by atoms with Gasteiger partial charge in [-0.15, -0.1) is 10.2 Å². The number of aromatic nitrogens is 3. The van der Waals surface area contributed by atoms with Gasteiger partial charge < -0.3 is 14.3 Å². The van der Waals surface area contributed by atoms with Crippen molar-refractivity contribution in [3.63, 3.8) is 0 Å². The van der Waals surface area contributed by atoms with Gasteiger partial charge in [-0.05, 0) is 12.1 Å². The van der Waals surface area contributed by atoms with Crippen molar-refractivity contribution in [1.29, 1.82) is 0 Å². The maximum atomic E-state index is 9.67. The zero-order chi connectivity index (χ0) is 13.4. The summed E-state index contributed by atoms with van der Waals surface area (Å²) < 4.78 is 10.9. The fraction of sp³-hybridized carbons (Fsp3) is 0.0833.